The smallest absolute Gasteiger partial charge is 0.271 e. The Morgan fingerprint density at radius 3 is 2.87 bits per heavy atom. The number of fused-ring (bicyclic) bond motifs is 2. The van der Waals surface area contributed by atoms with Crippen molar-refractivity contribution in [2.75, 3.05) is 5.73 Å². The third-order valence-corrected chi connectivity index (χ3v) is 5.69. The Morgan fingerprint density at radius 1 is 1.23 bits per heavy atom. The number of non-ortho nitro benzene ring substituents is 1. The number of aryl methyl sites for hydroxylation is 1. The van der Waals surface area contributed by atoms with Crippen LogP contribution in [-0.4, -0.2) is 40.5 Å². The highest BCUT2D eigenvalue weighted by Gasteiger charge is 2.18. The summed E-state index contributed by atoms with van der Waals surface area (Å²) in [6.45, 7) is 0. The molecule has 3 aromatic heterocycles. The molecule has 31 heavy (non-hydrogen) atoms. The van der Waals surface area contributed by atoms with Crippen molar-refractivity contribution < 1.29 is 9.72 Å². The van der Waals surface area contributed by atoms with Gasteiger partial charge in [0, 0.05) is 36.2 Å². The molecule has 12 heteroatoms. The summed E-state index contributed by atoms with van der Waals surface area (Å²) in [6, 6.07) is 11.6. The van der Waals surface area contributed by atoms with Crippen molar-refractivity contribution in [3.05, 3.63) is 64.2 Å². The predicted molar refractivity (Wildman–Crippen MR) is 114 cm³/mol. The van der Waals surface area contributed by atoms with Crippen molar-refractivity contribution in [3.8, 4) is 10.6 Å². The van der Waals surface area contributed by atoms with E-state index in [9.17, 15) is 14.9 Å². The zero-order valence-corrected chi connectivity index (χ0v) is 16.7. The SMILES string of the molecule is Nc1ccccc1-c1nn2c(CCC(=O)c3nc4ccc([N+](=O)[O-])cc4[nH]3)nnc2s1. The molecule has 0 unspecified atom stereocenters. The van der Waals surface area contributed by atoms with Gasteiger partial charge in [0.1, 0.15) is 5.01 Å². The van der Waals surface area contributed by atoms with E-state index in [-0.39, 0.29) is 23.7 Å². The number of nitro groups is 1. The molecule has 0 fully saturated rings. The van der Waals surface area contributed by atoms with E-state index >= 15 is 0 Å². The first-order chi connectivity index (χ1) is 15.0. The minimum Gasteiger partial charge on any atom is -0.398 e. The van der Waals surface area contributed by atoms with E-state index in [1.165, 1.54) is 29.5 Å². The van der Waals surface area contributed by atoms with E-state index in [1.807, 2.05) is 18.2 Å². The molecule has 0 aliphatic carbocycles. The number of anilines is 1. The lowest BCUT2D eigenvalue weighted by atomic mass is 10.2. The monoisotopic (exact) mass is 434 g/mol. The number of rotatable bonds is 6. The summed E-state index contributed by atoms with van der Waals surface area (Å²) < 4.78 is 1.61. The molecule has 0 saturated carbocycles. The molecule has 3 heterocycles. The molecule has 154 valence electrons. The number of benzene rings is 2. The van der Waals surface area contributed by atoms with Crippen molar-refractivity contribution >= 4 is 44.5 Å². The van der Waals surface area contributed by atoms with E-state index in [1.54, 1.807) is 10.6 Å². The second kappa shape index (κ2) is 7.25. The van der Waals surface area contributed by atoms with Gasteiger partial charge in [0.15, 0.2) is 17.4 Å². The van der Waals surface area contributed by atoms with Gasteiger partial charge in [0.05, 0.1) is 16.0 Å². The number of nitrogen functional groups attached to an aromatic ring is 1. The molecule has 0 amide bonds. The number of nitrogens with two attached hydrogens (primary N) is 1. The standard InChI is InChI=1S/C19H14N8O3S/c20-12-4-2-1-3-11(12)18-25-26-16(23-24-19(26)31-18)8-7-15(28)17-21-13-6-5-10(27(29)30)9-14(13)22-17/h1-6,9H,7-8,20H2,(H,21,22). The second-order valence-corrected chi connectivity index (χ2v) is 7.73. The highest BCUT2D eigenvalue weighted by Crippen LogP contribution is 2.29. The summed E-state index contributed by atoms with van der Waals surface area (Å²) in [7, 11) is 0. The van der Waals surface area contributed by atoms with E-state index in [0.29, 0.717) is 33.9 Å². The number of carbonyl (C=O) groups is 1. The number of H-pyrrole nitrogens is 1. The van der Waals surface area contributed by atoms with Crippen LogP contribution in [0, 0.1) is 10.1 Å². The molecule has 0 saturated heterocycles. The van der Waals surface area contributed by atoms with Crippen LogP contribution in [0.3, 0.4) is 0 Å². The minimum absolute atomic E-state index is 0.0700. The average Bonchev–Trinajstić information content (AvgIpc) is 3.46. The van der Waals surface area contributed by atoms with E-state index in [4.69, 9.17) is 5.73 Å². The zero-order chi connectivity index (χ0) is 21.5. The van der Waals surface area contributed by atoms with Crippen LogP contribution in [0.1, 0.15) is 22.9 Å². The first-order valence-electron chi connectivity index (χ1n) is 9.23. The van der Waals surface area contributed by atoms with Crippen molar-refractivity contribution in [1.29, 1.82) is 0 Å². The van der Waals surface area contributed by atoms with Gasteiger partial charge in [-0.1, -0.05) is 23.5 Å². The average molecular weight is 434 g/mol. The Hall–Kier alpha value is -4.19. The number of nitrogens with one attached hydrogen (secondary N) is 1. The van der Waals surface area contributed by atoms with E-state index in [0.717, 1.165) is 10.6 Å². The molecule has 5 rings (SSSR count). The highest BCUT2D eigenvalue weighted by molar-refractivity contribution is 7.19. The lowest BCUT2D eigenvalue weighted by molar-refractivity contribution is -0.384. The number of nitro benzene ring substituents is 1. The number of hydrogen-bond acceptors (Lipinski definition) is 9. The highest BCUT2D eigenvalue weighted by atomic mass is 32.1. The second-order valence-electron chi connectivity index (χ2n) is 6.77. The Bertz CT molecular complexity index is 1470. The lowest BCUT2D eigenvalue weighted by Gasteiger charge is -1.99. The van der Waals surface area contributed by atoms with Crippen LogP contribution >= 0.6 is 11.3 Å². The fourth-order valence-electron chi connectivity index (χ4n) is 3.20. The normalized spacial score (nSPS) is 11.4. The molecule has 3 N–H and O–H groups in total. The van der Waals surface area contributed by atoms with Gasteiger partial charge in [-0.2, -0.15) is 9.61 Å². The van der Waals surface area contributed by atoms with Gasteiger partial charge in [-0.3, -0.25) is 14.9 Å². The summed E-state index contributed by atoms with van der Waals surface area (Å²) in [4.78, 5) is 30.7. The van der Waals surface area contributed by atoms with Crippen LogP contribution in [0.2, 0.25) is 0 Å². The number of aromatic nitrogens is 6. The Kier molecular flexibility index (Phi) is 4.40. The first kappa shape index (κ1) is 18.8. The van der Waals surface area contributed by atoms with Crippen molar-refractivity contribution in [2.24, 2.45) is 0 Å². The third kappa shape index (κ3) is 3.38. The Balaban J connectivity index is 1.36. The van der Waals surface area contributed by atoms with Gasteiger partial charge in [0.2, 0.25) is 4.96 Å². The largest absolute Gasteiger partial charge is 0.398 e. The number of nitrogens with zero attached hydrogens (tertiary/aromatic N) is 6. The maximum absolute atomic E-state index is 12.6. The van der Waals surface area contributed by atoms with E-state index in [2.05, 4.69) is 25.3 Å². The van der Waals surface area contributed by atoms with Crippen LogP contribution in [0.5, 0.6) is 0 Å². The van der Waals surface area contributed by atoms with E-state index < -0.39 is 4.92 Å². The number of hydrogen-bond donors (Lipinski definition) is 2. The van der Waals surface area contributed by atoms with Gasteiger partial charge in [-0.25, -0.2) is 4.98 Å². The van der Waals surface area contributed by atoms with Crippen molar-refractivity contribution in [3.63, 3.8) is 0 Å². The van der Waals surface area contributed by atoms with Crippen molar-refractivity contribution in [1.82, 2.24) is 29.8 Å². The predicted octanol–water partition coefficient (Wildman–Crippen LogP) is 3.04. The molecule has 0 spiro atoms. The molecule has 0 aliphatic heterocycles. The van der Waals surface area contributed by atoms with Gasteiger partial charge < -0.3 is 10.7 Å². The topological polar surface area (TPSA) is 158 Å². The molecule has 0 atom stereocenters. The number of aromatic amines is 1. The quantitative estimate of drug-likeness (QED) is 0.179. The molecule has 11 nitrogen and oxygen atoms in total. The lowest BCUT2D eigenvalue weighted by Crippen LogP contribution is -2.06. The molecule has 0 radical (unpaired) electrons. The summed E-state index contributed by atoms with van der Waals surface area (Å²) in [5.41, 5.74) is 8.32. The van der Waals surface area contributed by atoms with Crippen LogP contribution < -0.4 is 5.73 Å². The van der Waals surface area contributed by atoms with Crippen LogP contribution in [-0.2, 0) is 6.42 Å². The molecule has 0 aliphatic rings. The Morgan fingerprint density at radius 2 is 2.06 bits per heavy atom. The summed E-state index contributed by atoms with van der Waals surface area (Å²) in [6.07, 6.45) is 0.438. The van der Waals surface area contributed by atoms with Crippen LogP contribution in [0.15, 0.2) is 42.5 Å². The number of imidazole rings is 1. The van der Waals surface area contributed by atoms with Gasteiger partial charge >= 0.3 is 0 Å². The van der Waals surface area contributed by atoms with Crippen LogP contribution in [0.4, 0.5) is 11.4 Å². The summed E-state index contributed by atoms with van der Waals surface area (Å²) in [5.74, 6) is 0.456. The van der Waals surface area contributed by atoms with Gasteiger partial charge in [-0.05, 0) is 18.2 Å². The number of Topliss-reactive ketones (excluding diaryl/α,β-unsaturated/α-hetero) is 1. The molecular formula is C19H14N8O3S. The minimum atomic E-state index is -0.497. The third-order valence-electron chi connectivity index (χ3n) is 4.76. The Labute approximate surface area is 177 Å². The number of ketones is 1. The van der Waals surface area contributed by atoms with Gasteiger partial charge in [-0.15, -0.1) is 10.2 Å². The maximum atomic E-state index is 12.6. The summed E-state index contributed by atoms with van der Waals surface area (Å²) >= 11 is 1.36. The number of para-hydroxylation sites is 1. The fourth-order valence-corrected chi connectivity index (χ4v) is 4.11. The molecule has 5 aromatic rings. The molecular weight excluding hydrogens is 420 g/mol. The summed E-state index contributed by atoms with van der Waals surface area (Å²) in [5, 5.41) is 24.4. The first-order valence-corrected chi connectivity index (χ1v) is 10.0. The zero-order valence-electron chi connectivity index (χ0n) is 15.8. The number of carbonyl (C=O) groups excluding carboxylic acids is 1. The maximum Gasteiger partial charge on any atom is 0.271 e. The van der Waals surface area contributed by atoms with Gasteiger partial charge in [0.25, 0.3) is 5.69 Å². The van der Waals surface area contributed by atoms with Crippen LogP contribution in [0.25, 0.3) is 26.6 Å². The molecule has 0 bridgehead atoms. The van der Waals surface area contributed by atoms with Crippen molar-refractivity contribution in [2.45, 2.75) is 12.8 Å². The molecule has 2 aromatic carbocycles. The fraction of sp³-hybridized carbons (Fsp3) is 0.105.